The number of benzene rings is 2. The van der Waals surface area contributed by atoms with Crippen molar-refractivity contribution in [2.24, 2.45) is 0 Å². The second kappa shape index (κ2) is 13.0. The van der Waals surface area contributed by atoms with Gasteiger partial charge in [-0.05, 0) is 36.6 Å². The van der Waals surface area contributed by atoms with Gasteiger partial charge in [-0.1, -0.05) is 89.7 Å². The molecule has 0 saturated heterocycles. The van der Waals surface area contributed by atoms with E-state index < -0.39 is 10.1 Å². The van der Waals surface area contributed by atoms with E-state index in [1.54, 1.807) is 25.3 Å². The lowest BCUT2D eigenvalue weighted by atomic mass is 10.0. The number of ether oxygens (including phenoxy) is 1. The third-order valence-corrected chi connectivity index (χ3v) is 6.69. The lowest BCUT2D eigenvalue weighted by molar-refractivity contribution is 0.419. The fourth-order valence-electron chi connectivity index (χ4n) is 4.09. The molecule has 0 aliphatic carbocycles. The zero-order chi connectivity index (χ0) is 21.8. The highest BCUT2D eigenvalue weighted by molar-refractivity contribution is 7.86. The molecular weight excluding hydrogens is 396 g/mol. The van der Waals surface area contributed by atoms with Gasteiger partial charge in [-0.3, -0.25) is 4.55 Å². The number of hydrogen-bond donors (Lipinski definition) is 1. The Morgan fingerprint density at radius 2 is 1.37 bits per heavy atom. The third-order valence-electron chi connectivity index (χ3n) is 5.79. The lowest BCUT2D eigenvalue weighted by Crippen LogP contribution is -2.01. The number of rotatable bonds is 15. The van der Waals surface area contributed by atoms with Gasteiger partial charge in [-0.15, -0.1) is 0 Å². The maximum atomic E-state index is 11.9. The van der Waals surface area contributed by atoms with Crippen molar-refractivity contribution >= 4 is 20.9 Å². The van der Waals surface area contributed by atoms with E-state index in [1.807, 2.05) is 12.1 Å². The van der Waals surface area contributed by atoms with Crippen LogP contribution in [0.5, 0.6) is 5.75 Å². The van der Waals surface area contributed by atoms with Gasteiger partial charge in [-0.2, -0.15) is 8.42 Å². The number of hydrogen-bond acceptors (Lipinski definition) is 3. The minimum Gasteiger partial charge on any atom is -0.496 e. The second-order valence-electron chi connectivity index (χ2n) is 8.26. The summed E-state index contributed by atoms with van der Waals surface area (Å²) in [5.41, 5.74) is 0.923. The molecule has 168 valence electrons. The molecule has 0 amide bonds. The lowest BCUT2D eigenvalue weighted by Gasteiger charge is -2.11. The molecule has 0 spiro atoms. The summed E-state index contributed by atoms with van der Waals surface area (Å²) in [5, 5.41) is 1.22. The van der Waals surface area contributed by atoms with Crippen LogP contribution in [0.15, 0.2) is 35.2 Å². The van der Waals surface area contributed by atoms with E-state index >= 15 is 0 Å². The fourth-order valence-corrected chi connectivity index (χ4v) is 4.84. The van der Waals surface area contributed by atoms with E-state index in [0.29, 0.717) is 11.1 Å². The molecule has 1 N–H and O–H groups in total. The predicted octanol–water partition coefficient (Wildman–Crippen LogP) is 7.34. The van der Waals surface area contributed by atoms with Crippen LogP contribution in [0.3, 0.4) is 0 Å². The summed E-state index contributed by atoms with van der Waals surface area (Å²) in [6.45, 7) is 2.25. The molecule has 0 aromatic heterocycles. The van der Waals surface area contributed by atoms with E-state index in [1.165, 1.54) is 64.2 Å². The number of aryl methyl sites for hydroxylation is 1. The number of unbranched alkanes of at least 4 members (excludes halogenated alkanes) is 11. The van der Waals surface area contributed by atoms with E-state index in [0.717, 1.165) is 30.2 Å². The molecule has 2 aromatic rings. The van der Waals surface area contributed by atoms with Crippen molar-refractivity contribution < 1.29 is 17.7 Å². The summed E-state index contributed by atoms with van der Waals surface area (Å²) in [6.07, 6.45) is 16.3. The zero-order valence-electron chi connectivity index (χ0n) is 18.7. The molecule has 30 heavy (non-hydrogen) atoms. The maximum Gasteiger partial charge on any atom is 0.295 e. The first-order valence-corrected chi connectivity index (χ1v) is 13.0. The van der Waals surface area contributed by atoms with Crippen molar-refractivity contribution in [1.29, 1.82) is 0 Å². The van der Waals surface area contributed by atoms with Crippen LogP contribution in [-0.2, 0) is 16.5 Å². The van der Waals surface area contributed by atoms with Crippen molar-refractivity contribution in [3.63, 3.8) is 0 Å². The molecule has 0 unspecified atom stereocenters. The minimum absolute atomic E-state index is 0.0344. The molecule has 4 nitrogen and oxygen atoms in total. The fraction of sp³-hybridized carbons (Fsp3) is 0.600. The molecule has 0 atom stereocenters. The summed E-state index contributed by atoms with van der Waals surface area (Å²) in [5.74, 6) is 0.619. The highest BCUT2D eigenvalue weighted by Gasteiger charge is 2.17. The predicted molar refractivity (Wildman–Crippen MR) is 125 cm³/mol. The zero-order valence-corrected chi connectivity index (χ0v) is 19.5. The normalized spacial score (nSPS) is 11.8. The smallest absolute Gasteiger partial charge is 0.295 e. The van der Waals surface area contributed by atoms with E-state index in [4.69, 9.17) is 4.74 Å². The van der Waals surface area contributed by atoms with Gasteiger partial charge in [0.2, 0.25) is 0 Å². The quantitative estimate of drug-likeness (QED) is 0.235. The minimum atomic E-state index is -4.29. The van der Waals surface area contributed by atoms with Crippen LogP contribution in [-0.4, -0.2) is 20.1 Å². The first kappa shape index (κ1) is 24.7. The third kappa shape index (κ3) is 7.92. The Balaban J connectivity index is 1.80. The molecule has 0 radical (unpaired) electrons. The molecule has 0 bridgehead atoms. The SMILES string of the molecule is CCCCCCCCCCCCCCc1cc(S(=O)(=O)O)c2cccc(OC)c2c1. The van der Waals surface area contributed by atoms with Crippen molar-refractivity contribution in [2.45, 2.75) is 95.3 Å². The molecule has 0 aliphatic heterocycles. The number of methoxy groups -OCH3 is 1. The molecule has 5 heteroatoms. The van der Waals surface area contributed by atoms with Gasteiger partial charge in [0, 0.05) is 10.8 Å². The van der Waals surface area contributed by atoms with Gasteiger partial charge in [0.1, 0.15) is 10.6 Å². The highest BCUT2D eigenvalue weighted by Crippen LogP contribution is 2.32. The van der Waals surface area contributed by atoms with Crippen LogP contribution >= 0.6 is 0 Å². The summed E-state index contributed by atoms with van der Waals surface area (Å²) in [6, 6.07) is 8.84. The van der Waals surface area contributed by atoms with E-state index in [-0.39, 0.29) is 4.90 Å². The van der Waals surface area contributed by atoms with Gasteiger partial charge in [0.15, 0.2) is 0 Å². The van der Waals surface area contributed by atoms with Crippen molar-refractivity contribution in [3.8, 4) is 5.75 Å². The average Bonchev–Trinajstić information content (AvgIpc) is 2.72. The Labute approximate surface area is 182 Å². The van der Waals surface area contributed by atoms with Gasteiger partial charge < -0.3 is 4.74 Å². The van der Waals surface area contributed by atoms with E-state index in [9.17, 15) is 13.0 Å². The molecular formula is C25H38O4S. The molecule has 2 rings (SSSR count). The molecule has 0 saturated carbocycles. The van der Waals surface area contributed by atoms with Crippen LogP contribution < -0.4 is 4.74 Å². The first-order valence-electron chi connectivity index (χ1n) is 11.5. The molecule has 0 fully saturated rings. The van der Waals surface area contributed by atoms with Crippen molar-refractivity contribution in [1.82, 2.24) is 0 Å². The topological polar surface area (TPSA) is 63.6 Å². The van der Waals surface area contributed by atoms with Crippen LogP contribution in [0.2, 0.25) is 0 Å². The summed E-state index contributed by atoms with van der Waals surface area (Å²) >= 11 is 0. The van der Waals surface area contributed by atoms with Crippen LogP contribution in [0.4, 0.5) is 0 Å². The van der Waals surface area contributed by atoms with Gasteiger partial charge in [0.05, 0.1) is 7.11 Å². The van der Waals surface area contributed by atoms with Crippen molar-refractivity contribution in [3.05, 3.63) is 35.9 Å². The van der Waals surface area contributed by atoms with Crippen LogP contribution in [0.25, 0.3) is 10.8 Å². The summed E-state index contributed by atoms with van der Waals surface area (Å²) < 4.78 is 38.8. The van der Waals surface area contributed by atoms with E-state index in [2.05, 4.69) is 6.92 Å². The second-order valence-corrected chi connectivity index (χ2v) is 9.65. The van der Waals surface area contributed by atoms with Gasteiger partial charge >= 0.3 is 0 Å². The van der Waals surface area contributed by atoms with Crippen molar-refractivity contribution in [2.75, 3.05) is 7.11 Å². The summed E-state index contributed by atoms with van der Waals surface area (Å²) in [4.78, 5) is -0.0344. The standard InChI is InChI=1S/C25H38O4S/c1-3-4-5-6-7-8-9-10-11-12-13-14-16-21-19-23-22(17-15-18-24(23)29-2)25(20-21)30(26,27)28/h15,17-20H,3-14,16H2,1-2H3,(H,26,27,28). The number of fused-ring (bicyclic) bond motifs is 1. The molecule has 0 heterocycles. The Kier molecular flexibility index (Phi) is 10.7. The van der Waals surface area contributed by atoms with Gasteiger partial charge in [-0.25, -0.2) is 0 Å². The Morgan fingerprint density at radius 1 is 0.800 bits per heavy atom. The molecule has 0 aliphatic rings. The Bertz CT molecular complexity index is 874. The maximum absolute atomic E-state index is 11.9. The van der Waals surface area contributed by atoms with Gasteiger partial charge in [0.25, 0.3) is 10.1 Å². The Morgan fingerprint density at radius 3 is 1.90 bits per heavy atom. The Hall–Kier alpha value is -1.59. The summed E-state index contributed by atoms with van der Waals surface area (Å²) in [7, 11) is -2.72. The first-order chi connectivity index (χ1) is 14.5. The highest BCUT2D eigenvalue weighted by atomic mass is 32.2. The monoisotopic (exact) mass is 434 g/mol. The largest absolute Gasteiger partial charge is 0.496 e. The van der Waals surface area contributed by atoms with Crippen LogP contribution in [0, 0.1) is 0 Å². The molecule has 2 aromatic carbocycles. The average molecular weight is 435 g/mol. The van der Waals surface area contributed by atoms with Crippen LogP contribution in [0.1, 0.15) is 89.5 Å².